The van der Waals surface area contributed by atoms with Gasteiger partial charge in [0.1, 0.15) is 0 Å². The number of carbonyl (C=O) groups excluding carboxylic acids is 1. The van der Waals surface area contributed by atoms with E-state index in [-0.39, 0.29) is 5.91 Å². The molecule has 3 rings (SSSR count). The predicted octanol–water partition coefficient (Wildman–Crippen LogP) is 1.37. The van der Waals surface area contributed by atoms with Crippen LogP contribution < -0.4 is 10.6 Å². The number of piperidine rings is 1. The fourth-order valence-electron chi connectivity index (χ4n) is 4.45. The highest BCUT2D eigenvalue weighted by Crippen LogP contribution is 2.42. The molecule has 2 N–H and O–H groups in total. The summed E-state index contributed by atoms with van der Waals surface area (Å²) in [4.78, 5) is 13.7. The van der Waals surface area contributed by atoms with Gasteiger partial charge < -0.3 is 10.6 Å². The van der Waals surface area contributed by atoms with Crippen molar-refractivity contribution in [3.63, 3.8) is 0 Å². The van der Waals surface area contributed by atoms with Crippen molar-refractivity contribution in [3.05, 3.63) is 0 Å². The largest absolute Gasteiger partial charge is 0.358 e. The lowest BCUT2D eigenvalue weighted by Crippen LogP contribution is -2.50. The number of carbonyl (C=O) groups is 1. The van der Waals surface area contributed by atoms with E-state index in [0.29, 0.717) is 12.6 Å². The van der Waals surface area contributed by atoms with Crippen LogP contribution in [0, 0.1) is 11.8 Å². The molecule has 0 aromatic carbocycles. The van der Waals surface area contributed by atoms with Crippen molar-refractivity contribution in [2.24, 2.45) is 11.8 Å². The molecule has 3 aliphatic rings. The van der Waals surface area contributed by atoms with Crippen LogP contribution in [-0.2, 0) is 4.79 Å². The molecule has 0 aromatic heterocycles. The molecular weight excluding hydrogens is 250 g/mol. The number of hydrogen-bond acceptors (Lipinski definition) is 3. The first-order valence-electron chi connectivity index (χ1n) is 8.43. The summed E-state index contributed by atoms with van der Waals surface area (Å²) in [5.41, 5.74) is 0. The van der Waals surface area contributed by atoms with E-state index in [4.69, 9.17) is 0 Å². The van der Waals surface area contributed by atoms with Gasteiger partial charge in [-0.15, -0.1) is 0 Å². The Morgan fingerprint density at radius 3 is 2.60 bits per heavy atom. The standard InChI is InChI=1S/C16H29N3O/c1-17-16(20)11-19-8-6-14(7-9-19)18-15-5-3-12-2-4-13(15)10-12/h12-15,18H,2-11H2,1H3,(H,17,20). The molecule has 0 aromatic rings. The monoisotopic (exact) mass is 279 g/mol. The van der Waals surface area contributed by atoms with Gasteiger partial charge in [-0.25, -0.2) is 0 Å². The SMILES string of the molecule is CNC(=O)CN1CCC(NC2CCC3CCC2C3)CC1. The fourth-order valence-corrected chi connectivity index (χ4v) is 4.45. The van der Waals surface area contributed by atoms with Gasteiger partial charge in [0, 0.05) is 32.2 Å². The van der Waals surface area contributed by atoms with E-state index in [9.17, 15) is 4.79 Å². The lowest BCUT2D eigenvalue weighted by molar-refractivity contribution is -0.122. The quantitative estimate of drug-likeness (QED) is 0.817. The molecule has 1 heterocycles. The minimum absolute atomic E-state index is 0.140. The normalized spacial score (nSPS) is 35.1. The van der Waals surface area contributed by atoms with E-state index >= 15 is 0 Å². The Hall–Kier alpha value is -0.610. The van der Waals surface area contributed by atoms with Crippen molar-refractivity contribution in [2.75, 3.05) is 26.7 Å². The summed E-state index contributed by atoms with van der Waals surface area (Å²) in [6, 6.07) is 1.46. The molecule has 20 heavy (non-hydrogen) atoms. The van der Waals surface area contributed by atoms with E-state index in [0.717, 1.165) is 31.0 Å². The Morgan fingerprint density at radius 1 is 1.10 bits per heavy atom. The molecule has 2 bridgehead atoms. The maximum atomic E-state index is 11.4. The lowest BCUT2D eigenvalue weighted by Gasteiger charge is -2.37. The molecule has 2 saturated carbocycles. The molecule has 1 amide bonds. The Balaban J connectivity index is 1.41. The van der Waals surface area contributed by atoms with Crippen LogP contribution in [-0.4, -0.2) is 49.6 Å². The summed E-state index contributed by atoms with van der Waals surface area (Å²) in [7, 11) is 1.72. The summed E-state index contributed by atoms with van der Waals surface area (Å²) in [5.74, 6) is 2.14. The van der Waals surface area contributed by atoms with Crippen molar-refractivity contribution in [1.29, 1.82) is 0 Å². The molecule has 1 aliphatic heterocycles. The molecule has 3 atom stereocenters. The summed E-state index contributed by atoms with van der Waals surface area (Å²) in [6.45, 7) is 2.69. The third-order valence-corrected chi connectivity index (χ3v) is 5.72. The third-order valence-electron chi connectivity index (χ3n) is 5.72. The van der Waals surface area contributed by atoms with Gasteiger partial charge in [-0.1, -0.05) is 6.42 Å². The second-order valence-corrected chi connectivity index (χ2v) is 7.01. The van der Waals surface area contributed by atoms with Gasteiger partial charge in [0.05, 0.1) is 6.54 Å². The second-order valence-electron chi connectivity index (χ2n) is 7.01. The topological polar surface area (TPSA) is 44.4 Å². The molecule has 114 valence electrons. The fraction of sp³-hybridized carbons (Fsp3) is 0.938. The Kier molecular flexibility index (Phi) is 4.61. The molecule has 1 saturated heterocycles. The highest BCUT2D eigenvalue weighted by Gasteiger charge is 2.36. The second kappa shape index (κ2) is 6.44. The highest BCUT2D eigenvalue weighted by atomic mass is 16.1. The van der Waals surface area contributed by atoms with Crippen LogP contribution in [0.1, 0.15) is 44.9 Å². The molecule has 4 heteroatoms. The maximum Gasteiger partial charge on any atom is 0.233 e. The van der Waals surface area contributed by atoms with Crippen molar-refractivity contribution in [1.82, 2.24) is 15.5 Å². The van der Waals surface area contributed by atoms with Crippen molar-refractivity contribution in [3.8, 4) is 0 Å². The first kappa shape index (κ1) is 14.3. The van der Waals surface area contributed by atoms with E-state index in [1.807, 2.05) is 0 Å². The summed E-state index contributed by atoms with van der Waals surface area (Å²) < 4.78 is 0. The average Bonchev–Trinajstić information content (AvgIpc) is 2.86. The minimum Gasteiger partial charge on any atom is -0.358 e. The smallest absolute Gasteiger partial charge is 0.233 e. The molecule has 0 radical (unpaired) electrons. The predicted molar refractivity (Wildman–Crippen MR) is 80.5 cm³/mol. The molecule has 4 nitrogen and oxygen atoms in total. The average molecular weight is 279 g/mol. The number of likely N-dealkylation sites (N-methyl/N-ethyl adjacent to an activating group) is 1. The van der Waals surface area contributed by atoms with Crippen LogP contribution in [0.5, 0.6) is 0 Å². The number of nitrogens with zero attached hydrogens (tertiary/aromatic N) is 1. The van der Waals surface area contributed by atoms with E-state index in [1.165, 1.54) is 44.9 Å². The zero-order chi connectivity index (χ0) is 13.9. The molecule has 2 aliphatic carbocycles. The van der Waals surface area contributed by atoms with Crippen LogP contribution in [0.4, 0.5) is 0 Å². The van der Waals surface area contributed by atoms with Gasteiger partial charge in [-0.2, -0.15) is 0 Å². The van der Waals surface area contributed by atoms with Gasteiger partial charge in [0.25, 0.3) is 0 Å². The lowest BCUT2D eigenvalue weighted by atomic mass is 9.84. The van der Waals surface area contributed by atoms with E-state index in [1.54, 1.807) is 7.05 Å². The number of nitrogens with one attached hydrogen (secondary N) is 2. The van der Waals surface area contributed by atoms with Crippen molar-refractivity contribution < 1.29 is 4.79 Å². The number of likely N-dealkylation sites (tertiary alicyclic amines) is 1. The van der Waals surface area contributed by atoms with Crippen LogP contribution in [0.25, 0.3) is 0 Å². The Bertz CT molecular complexity index is 339. The summed E-state index contributed by atoms with van der Waals surface area (Å²) in [5, 5.41) is 6.66. The van der Waals surface area contributed by atoms with E-state index in [2.05, 4.69) is 15.5 Å². The van der Waals surface area contributed by atoms with Gasteiger partial charge in [0.2, 0.25) is 5.91 Å². The highest BCUT2D eigenvalue weighted by molar-refractivity contribution is 5.77. The van der Waals surface area contributed by atoms with Crippen LogP contribution in [0.3, 0.4) is 0 Å². The number of rotatable bonds is 4. The van der Waals surface area contributed by atoms with Gasteiger partial charge >= 0.3 is 0 Å². The van der Waals surface area contributed by atoms with Gasteiger partial charge in [-0.05, 0) is 50.4 Å². The van der Waals surface area contributed by atoms with E-state index < -0.39 is 0 Å². The van der Waals surface area contributed by atoms with Gasteiger partial charge in [0.15, 0.2) is 0 Å². The van der Waals surface area contributed by atoms with Crippen molar-refractivity contribution >= 4 is 5.91 Å². The van der Waals surface area contributed by atoms with Crippen LogP contribution >= 0.6 is 0 Å². The zero-order valence-electron chi connectivity index (χ0n) is 12.7. The van der Waals surface area contributed by atoms with Gasteiger partial charge in [-0.3, -0.25) is 9.69 Å². The van der Waals surface area contributed by atoms with Crippen molar-refractivity contribution in [2.45, 2.75) is 57.0 Å². The molecule has 3 fully saturated rings. The molecule has 3 unspecified atom stereocenters. The summed E-state index contributed by atoms with van der Waals surface area (Å²) >= 11 is 0. The summed E-state index contributed by atoms with van der Waals surface area (Å²) in [6.07, 6.45) is 9.66. The Morgan fingerprint density at radius 2 is 1.85 bits per heavy atom. The molecular formula is C16H29N3O. The third kappa shape index (κ3) is 3.34. The van der Waals surface area contributed by atoms with Crippen LogP contribution in [0.15, 0.2) is 0 Å². The first-order chi connectivity index (χ1) is 9.74. The zero-order valence-corrected chi connectivity index (χ0v) is 12.7. The minimum atomic E-state index is 0.140. The Labute approximate surface area is 122 Å². The number of hydrogen-bond donors (Lipinski definition) is 2. The number of fused-ring (bicyclic) bond motifs is 2. The number of amides is 1. The maximum absolute atomic E-state index is 11.4. The first-order valence-corrected chi connectivity index (χ1v) is 8.43. The molecule has 0 spiro atoms. The van der Waals surface area contributed by atoms with Crippen LogP contribution in [0.2, 0.25) is 0 Å².